The van der Waals surface area contributed by atoms with Crippen LogP contribution in [0.1, 0.15) is 18.4 Å². The van der Waals surface area contributed by atoms with Crippen molar-refractivity contribution >= 4 is 11.0 Å². The van der Waals surface area contributed by atoms with E-state index >= 15 is 0 Å². The highest BCUT2D eigenvalue weighted by Gasteiger charge is 2.56. The van der Waals surface area contributed by atoms with Gasteiger partial charge >= 0.3 is 0 Å². The molecule has 2 aliphatic rings. The molecule has 0 amide bonds. The number of nitrogens with zero attached hydrogens (tertiary/aromatic N) is 1. The molecule has 2 aromatic rings. The Morgan fingerprint density at radius 1 is 1.44 bits per heavy atom. The molecule has 1 saturated heterocycles. The number of aromatic amines is 1. The number of rotatable bonds is 1. The maximum atomic E-state index is 4.37. The Labute approximate surface area is 94.3 Å². The standard InChI is InChI=1S/C13H15N3/c1-2-10-11(7-16-12(10)15-4-1)13-6-9(13)3-5-14-8-13/h1-2,4,7,9,14H,3,5-6,8H2,(H,15,16). The minimum Gasteiger partial charge on any atom is -0.346 e. The Kier molecular flexibility index (Phi) is 1.56. The first kappa shape index (κ1) is 8.76. The van der Waals surface area contributed by atoms with Crippen molar-refractivity contribution in [2.45, 2.75) is 18.3 Å². The lowest BCUT2D eigenvalue weighted by molar-refractivity contribution is 0.449. The molecule has 3 nitrogen and oxygen atoms in total. The molecule has 2 atom stereocenters. The van der Waals surface area contributed by atoms with Crippen LogP contribution in [0.4, 0.5) is 0 Å². The van der Waals surface area contributed by atoms with Crippen molar-refractivity contribution in [1.29, 1.82) is 0 Å². The van der Waals surface area contributed by atoms with Gasteiger partial charge in [0.2, 0.25) is 0 Å². The van der Waals surface area contributed by atoms with Crippen LogP contribution < -0.4 is 5.32 Å². The second kappa shape index (κ2) is 2.86. The van der Waals surface area contributed by atoms with Gasteiger partial charge in [-0.25, -0.2) is 4.98 Å². The lowest BCUT2D eigenvalue weighted by atomic mass is 9.90. The SMILES string of the molecule is c1cnc2[nH]cc(C34CNCCC3C4)c2c1. The molecule has 2 unspecified atom stereocenters. The van der Waals surface area contributed by atoms with E-state index in [4.69, 9.17) is 0 Å². The predicted molar refractivity (Wildman–Crippen MR) is 63.4 cm³/mol. The summed E-state index contributed by atoms with van der Waals surface area (Å²) in [5.74, 6) is 0.896. The van der Waals surface area contributed by atoms with Crippen LogP contribution in [0.5, 0.6) is 0 Å². The van der Waals surface area contributed by atoms with Crippen molar-refractivity contribution in [3.05, 3.63) is 30.1 Å². The molecule has 82 valence electrons. The van der Waals surface area contributed by atoms with E-state index in [-0.39, 0.29) is 0 Å². The number of hydrogen-bond acceptors (Lipinski definition) is 2. The van der Waals surface area contributed by atoms with E-state index in [0.717, 1.165) is 18.1 Å². The summed E-state index contributed by atoms with van der Waals surface area (Å²) in [5.41, 5.74) is 2.93. The van der Waals surface area contributed by atoms with E-state index in [1.807, 2.05) is 12.3 Å². The third-order valence-electron chi connectivity index (χ3n) is 4.33. The zero-order chi connectivity index (χ0) is 10.6. The summed E-state index contributed by atoms with van der Waals surface area (Å²) in [6.07, 6.45) is 6.70. The van der Waals surface area contributed by atoms with Crippen molar-refractivity contribution in [2.24, 2.45) is 5.92 Å². The first-order valence-electron chi connectivity index (χ1n) is 6.03. The van der Waals surface area contributed by atoms with E-state index in [1.54, 1.807) is 0 Å². The van der Waals surface area contributed by atoms with Gasteiger partial charge in [0.05, 0.1) is 0 Å². The summed E-state index contributed by atoms with van der Waals surface area (Å²) in [7, 11) is 0. The van der Waals surface area contributed by atoms with Gasteiger partial charge in [0, 0.05) is 29.7 Å². The van der Waals surface area contributed by atoms with Gasteiger partial charge in [-0.3, -0.25) is 0 Å². The Morgan fingerprint density at radius 2 is 2.44 bits per heavy atom. The van der Waals surface area contributed by atoms with E-state index in [2.05, 4.69) is 27.5 Å². The highest BCUT2D eigenvalue weighted by atomic mass is 14.9. The van der Waals surface area contributed by atoms with Crippen LogP contribution in [0.15, 0.2) is 24.5 Å². The number of H-pyrrole nitrogens is 1. The van der Waals surface area contributed by atoms with Gasteiger partial charge in [0.1, 0.15) is 5.65 Å². The molecule has 1 aliphatic heterocycles. The summed E-state index contributed by atoms with van der Waals surface area (Å²) in [4.78, 5) is 7.67. The number of fused-ring (bicyclic) bond motifs is 2. The minimum atomic E-state index is 0.416. The Bertz CT molecular complexity index is 545. The summed E-state index contributed by atoms with van der Waals surface area (Å²) in [6, 6.07) is 4.22. The molecule has 0 bridgehead atoms. The fraction of sp³-hybridized carbons (Fsp3) is 0.462. The molecule has 2 fully saturated rings. The topological polar surface area (TPSA) is 40.7 Å². The van der Waals surface area contributed by atoms with Gasteiger partial charge in [-0.2, -0.15) is 0 Å². The van der Waals surface area contributed by atoms with Crippen LogP contribution in [0.2, 0.25) is 0 Å². The molecule has 0 radical (unpaired) electrons. The van der Waals surface area contributed by atoms with Crippen LogP contribution in [0.25, 0.3) is 11.0 Å². The average Bonchev–Trinajstić information content (AvgIpc) is 2.92. The summed E-state index contributed by atoms with van der Waals surface area (Å²) in [6.45, 7) is 2.33. The van der Waals surface area contributed by atoms with E-state index in [9.17, 15) is 0 Å². The molecular formula is C13H15N3. The molecule has 16 heavy (non-hydrogen) atoms. The lowest BCUT2D eigenvalue weighted by Gasteiger charge is -2.22. The van der Waals surface area contributed by atoms with E-state index in [0.29, 0.717) is 5.41 Å². The zero-order valence-corrected chi connectivity index (χ0v) is 9.16. The fourth-order valence-corrected chi connectivity index (χ4v) is 3.36. The fourth-order valence-electron chi connectivity index (χ4n) is 3.36. The van der Waals surface area contributed by atoms with Crippen LogP contribution >= 0.6 is 0 Å². The molecule has 3 heteroatoms. The van der Waals surface area contributed by atoms with Gasteiger partial charge in [-0.15, -0.1) is 0 Å². The van der Waals surface area contributed by atoms with Crippen molar-refractivity contribution in [2.75, 3.05) is 13.1 Å². The third-order valence-corrected chi connectivity index (χ3v) is 4.33. The molecular weight excluding hydrogens is 198 g/mol. The maximum Gasteiger partial charge on any atom is 0.137 e. The molecule has 0 spiro atoms. The van der Waals surface area contributed by atoms with Gasteiger partial charge in [0.15, 0.2) is 0 Å². The highest BCUT2D eigenvalue weighted by Crippen LogP contribution is 2.58. The van der Waals surface area contributed by atoms with Crippen LogP contribution in [-0.2, 0) is 5.41 Å². The summed E-state index contributed by atoms with van der Waals surface area (Å²) >= 11 is 0. The number of nitrogens with one attached hydrogen (secondary N) is 2. The first-order chi connectivity index (χ1) is 7.90. The van der Waals surface area contributed by atoms with Crippen LogP contribution in [0, 0.1) is 5.92 Å². The van der Waals surface area contributed by atoms with Crippen LogP contribution in [0.3, 0.4) is 0 Å². The minimum absolute atomic E-state index is 0.416. The van der Waals surface area contributed by atoms with Crippen molar-refractivity contribution in [3.8, 4) is 0 Å². The second-order valence-electron chi connectivity index (χ2n) is 5.12. The smallest absolute Gasteiger partial charge is 0.137 e. The number of hydrogen-bond donors (Lipinski definition) is 2. The maximum absolute atomic E-state index is 4.37. The van der Waals surface area contributed by atoms with Crippen LogP contribution in [-0.4, -0.2) is 23.1 Å². The van der Waals surface area contributed by atoms with Crippen molar-refractivity contribution < 1.29 is 0 Å². The average molecular weight is 213 g/mol. The molecule has 2 aromatic heterocycles. The number of pyridine rings is 1. The summed E-state index contributed by atoms with van der Waals surface area (Å²) < 4.78 is 0. The molecule has 3 heterocycles. The molecule has 1 aliphatic carbocycles. The number of piperidine rings is 1. The molecule has 4 rings (SSSR count). The Hall–Kier alpha value is -1.35. The summed E-state index contributed by atoms with van der Waals surface area (Å²) in [5, 5.41) is 4.85. The van der Waals surface area contributed by atoms with Gasteiger partial charge < -0.3 is 10.3 Å². The van der Waals surface area contributed by atoms with Crippen molar-refractivity contribution in [3.63, 3.8) is 0 Å². The highest BCUT2D eigenvalue weighted by molar-refractivity contribution is 5.81. The number of aromatic nitrogens is 2. The van der Waals surface area contributed by atoms with E-state index < -0.39 is 0 Å². The van der Waals surface area contributed by atoms with Crippen molar-refractivity contribution in [1.82, 2.24) is 15.3 Å². The largest absolute Gasteiger partial charge is 0.346 e. The quantitative estimate of drug-likeness (QED) is 0.758. The molecule has 1 saturated carbocycles. The molecule has 2 N–H and O–H groups in total. The normalized spacial score (nSPS) is 32.6. The van der Waals surface area contributed by atoms with Gasteiger partial charge in [-0.1, -0.05) is 0 Å². The second-order valence-corrected chi connectivity index (χ2v) is 5.12. The first-order valence-corrected chi connectivity index (χ1v) is 6.03. The Balaban J connectivity index is 1.88. The Morgan fingerprint density at radius 3 is 3.38 bits per heavy atom. The zero-order valence-electron chi connectivity index (χ0n) is 9.16. The predicted octanol–water partition coefficient (Wildman–Crippen LogP) is 1.81. The lowest BCUT2D eigenvalue weighted by Crippen LogP contribution is -2.34. The van der Waals surface area contributed by atoms with E-state index in [1.165, 1.54) is 30.3 Å². The molecule has 0 aromatic carbocycles. The van der Waals surface area contributed by atoms with Gasteiger partial charge in [-0.05, 0) is 43.0 Å². The monoisotopic (exact) mass is 213 g/mol. The third kappa shape index (κ3) is 0.990. The van der Waals surface area contributed by atoms with Gasteiger partial charge in [0.25, 0.3) is 0 Å².